The molecule has 1 aliphatic carbocycles. The number of benzene rings is 2. The molecule has 2 heterocycles. The second kappa shape index (κ2) is 7.73. The molecular weight excluding hydrogens is 370 g/mol. The summed E-state index contributed by atoms with van der Waals surface area (Å²) in [7, 11) is 0. The van der Waals surface area contributed by atoms with Crippen LogP contribution in [0.1, 0.15) is 54.6 Å². The first kappa shape index (κ1) is 19.6. The Morgan fingerprint density at radius 1 is 1.13 bits per heavy atom. The van der Waals surface area contributed by atoms with Gasteiger partial charge in [0.1, 0.15) is 0 Å². The van der Waals surface area contributed by atoms with Crippen molar-refractivity contribution in [2.75, 3.05) is 31.1 Å². The predicted molar refractivity (Wildman–Crippen MR) is 122 cm³/mol. The Morgan fingerprint density at radius 3 is 2.67 bits per heavy atom. The van der Waals surface area contributed by atoms with E-state index in [1.54, 1.807) is 0 Å². The van der Waals surface area contributed by atoms with E-state index < -0.39 is 0 Å². The lowest BCUT2D eigenvalue weighted by molar-refractivity contribution is 0.0943. The van der Waals surface area contributed by atoms with Crippen LogP contribution in [0.3, 0.4) is 0 Å². The monoisotopic (exact) mass is 403 g/mol. The second-order valence-corrected chi connectivity index (χ2v) is 9.91. The first-order valence-electron chi connectivity index (χ1n) is 11.5. The summed E-state index contributed by atoms with van der Waals surface area (Å²) in [6.07, 6.45) is 3.99. The molecule has 30 heavy (non-hydrogen) atoms. The van der Waals surface area contributed by atoms with E-state index in [1.165, 1.54) is 49.2 Å². The molecule has 1 saturated heterocycles. The van der Waals surface area contributed by atoms with E-state index in [2.05, 4.69) is 57.6 Å². The molecule has 2 aromatic rings. The van der Waals surface area contributed by atoms with Crippen molar-refractivity contribution in [2.24, 2.45) is 5.92 Å². The van der Waals surface area contributed by atoms with Gasteiger partial charge >= 0.3 is 0 Å². The van der Waals surface area contributed by atoms with Crippen LogP contribution >= 0.6 is 0 Å². The molecular formula is C26H33N3O. The maximum atomic E-state index is 12.7. The van der Waals surface area contributed by atoms with Gasteiger partial charge < -0.3 is 15.1 Å². The second-order valence-electron chi connectivity index (χ2n) is 9.91. The summed E-state index contributed by atoms with van der Waals surface area (Å²) in [6.45, 7) is 9.56. The number of anilines is 1. The number of nitrogens with one attached hydrogen (secondary N) is 1. The third-order valence-electron chi connectivity index (χ3n) is 6.95. The fourth-order valence-corrected chi connectivity index (χ4v) is 5.33. The van der Waals surface area contributed by atoms with Gasteiger partial charge in [0, 0.05) is 48.9 Å². The number of nitrogens with zero attached hydrogens (tertiary/aromatic N) is 2. The first-order chi connectivity index (χ1) is 14.5. The van der Waals surface area contributed by atoms with Gasteiger partial charge in [-0.25, -0.2) is 0 Å². The SMILES string of the molecule is CC(C)NC(=O)c1ccc2c(c1)C1(CCN(CC3CC3)C1)CN2Cc1ccccc1. The summed E-state index contributed by atoms with van der Waals surface area (Å²) in [4.78, 5) is 17.9. The molecule has 1 spiro atoms. The molecule has 4 nitrogen and oxygen atoms in total. The molecule has 4 heteroatoms. The van der Waals surface area contributed by atoms with E-state index >= 15 is 0 Å². The highest BCUT2D eigenvalue weighted by atomic mass is 16.1. The largest absolute Gasteiger partial charge is 0.366 e. The first-order valence-corrected chi connectivity index (χ1v) is 11.5. The molecule has 1 amide bonds. The topological polar surface area (TPSA) is 35.6 Å². The van der Waals surface area contributed by atoms with Crippen molar-refractivity contribution in [3.8, 4) is 0 Å². The molecule has 1 N–H and O–H groups in total. The number of hydrogen-bond acceptors (Lipinski definition) is 3. The van der Waals surface area contributed by atoms with E-state index in [0.717, 1.165) is 31.1 Å². The van der Waals surface area contributed by atoms with Gasteiger partial charge in [0.05, 0.1) is 0 Å². The van der Waals surface area contributed by atoms with Gasteiger partial charge in [-0.3, -0.25) is 4.79 Å². The Kier molecular flexibility index (Phi) is 5.06. The normalized spacial score (nSPS) is 23.4. The van der Waals surface area contributed by atoms with Crippen LogP contribution in [-0.2, 0) is 12.0 Å². The molecule has 2 fully saturated rings. The minimum atomic E-state index is 0.0392. The highest BCUT2D eigenvalue weighted by molar-refractivity contribution is 5.95. The number of rotatable bonds is 6. The van der Waals surface area contributed by atoms with Crippen molar-refractivity contribution >= 4 is 11.6 Å². The maximum Gasteiger partial charge on any atom is 0.251 e. The van der Waals surface area contributed by atoms with Crippen LogP contribution in [0.15, 0.2) is 48.5 Å². The zero-order valence-electron chi connectivity index (χ0n) is 18.2. The van der Waals surface area contributed by atoms with Crippen molar-refractivity contribution in [3.05, 3.63) is 65.2 Å². The lowest BCUT2D eigenvalue weighted by Gasteiger charge is -2.27. The van der Waals surface area contributed by atoms with Crippen LogP contribution in [0.2, 0.25) is 0 Å². The van der Waals surface area contributed by atoms with E-state index in [1.807, 2.05) is 19.9 Å². The minimum absolute atomic E-state index is 0.0392. The van der Waals surface area contributed by atoms with E-state index in [9.17, 15) is 4.79 Å². The van der Waals surface area contributed by atoms with Gasteiger partial charge in [0.2, 0.25) is 0 Å². The zero-order valence-corrected chi connectivity index (χ0v) is 18.2. The summed E-state index contributed by atoms with van der Waals surface area (Å²) in [5, 5.41) is 3.06. The summed E-state index contributed by atoms with van der Waals surface area (Å²) >= 11 is 0. The Hall–Kier alpha value is -2.33. The number of carbonyl (C=O) groups is 1. The number of fused-ring (bicyclic) bond motifs is 2. The van der Waals surface area contributed by atoms with Crippen molar-refractivity contribution < 1.29 is 4.79 Å². The van der Waals surface area contributed by atoms with Gasteiger partial charge in [-0.05, 0) is 74.9 Å². The molecule has 5 rings (SSSR count). The molecule has 1 unspecified atom stereocenters. The Balaban J connectivity index is 1.46. The smallest absolute Gasteiger partial charge is 0.251 e. The lowest BCUT2D eigenvalue weighted by atomic mass is 9.81. The quantitative estimate of drug-likeness (QED) is 0.785. The standard InChI is InChI=1S/C26H33N3O/c1-19(2)27-25(30)22-10-11-24-23(14-22)26(12-13-28(17-26)15-21-8-9-21)18-29(24)16-20-6-4-3-5-7-20/h3-7,10-11,14,19,21H,8-9,12-13,15-18H2,1-2H3,(H,27,30). The lowest BCUT2D eigenvalue weighted by Crippen LogP contribution is -2.37. The third kappa shape index (κ3) is 3.85. The summed E-state index contributed by atoms with van der Waals surface area (Å²) < 4.78 is 0. The number of amides is 1. The molecule has 158 valence electrons. The van der Waals surface area contributed by atoms with Gasteiger partial charge in [-0.1, -0.05) is 30.3 Å². The number of hydrogen-bond donors (Lipinski definition) is 1. The number of carbonyl (C=O) groups excluding carboxylic acids is 1. The van der Waals surface area contributed by atoms with Crippen LogP contribution in [-0.4, -0.2) is 43.0 Å². The van der Waals surface area contributed by atoms with Crippen LogP contribution in [0.4, 0.5) is 5.69 Å². The van der Waals surface area contributed by atoms with Crippen molar-refractivity contribution in [1.82, 2.24) is 10.2 Å². The van der Waals surface area contributed by atoms with Crippen LogP contribution < -0.4 is 10.2 Å². The molecule has 3 aliphatic rings. The van der Waals surface area contributed by atoms with Crippen LogP contribution in [0.5, 0.6) is 0 Å². The van der Waals surface area contributed by atoms with Gasteiger partial charge in [-0.2, -0.15) is 0 Å². The number of likely N-dealkylation sites (tertiary alicyclic amines) is 1. The highest BCUT2D eigenvalue weighted by Crippen LogP contribution is 2.48. The molecule has 1 atom stereocenters. The van der Waals surface area contributed by atoms with Crippen LogP contribution in [0, 0.1) is 5.92 Å². The molecule has 0 bridgehead atoms. The average Bonchev–Trinajstić information content (AvgIpc) is 3.38. The molecule has 2 aliphatic heterocycles. The summed E-state index contributed by atoms with van der Waals surface area (Å²) in [6, 6.07) is 17.3. The Morgan fingerprint density at radius 2 is 1.93 bits per heavy atom. The van der Waals surface area contributed by atoms with Crippen molar-refractivity contribution in [3.63, 3.8) is 0 Å². The third-order valence-corrected chi connectivity index (χ3v) is 6.95. The molecule has 1 saturated carbocycles. The predicted octanol–water partition coefficient (Wildman–Crippen LogP) is 4.20. The van der Waals surface area contributed by atoms with E-state index in [0.29, 0.717) is 0 Å². The Labute approximate surface area is 180 Å². The van der Waals surface area contributed by atoms with Gasteiger partial charge in [0.25, 0.3) is 5.91 Å². The fourth-order valence-electron chi connectivity index (χ4n) is 5.33. The zero-order chi connectivity index (χ0) is 20.7. The Bertz CT molecular complexity index is 921. The average molecular weight is 404 g/mol. The van der Waals surface area contributed by atoms with Crippen molar-refractivity contribution in [2.45, 2.75) is 51.1 Å². The van der Waals surface area contributed by atoms with E-state index in [4.69, 9.17) is 0 Å². The summed E-state index contributed by atoms with van der Waals surface area (Å²) in [5.41, 5.74) is 4.98. The maximum absolute atomic E-state index is 12.7. The van der Waals surface area contributed by atoms with Gasteiger partial charge in [0.15, 0.2) is 0 Å². The molecule has 0 aromatic heterocycles. The summed E-state index contributed by atoms with van der Waals surface area (Å²) in [5.74, 6) is 0.960. The van der Waals surface area contributed by atoms with E-state index in [-0.39, 0.29) is 17.4 Å². The molecule has 2 aromatic carbocycles. The molecule has 0 radical (unpaired) electrons. The van der Waals surface area contributed by atoms with Crippen molar-refractivity contribution in [1.29, 1.82) is 0 Å². The fraction of sp³-hybridized carbons (Fsp3) is 0.500. The minimum Gasteiger partial charge on any atom is -0.366 e. The van der Waals surface area contributed by atoms with Crippen LogP contribution in [0.25, 0.3) is 0 Å². The van der Waals surface area contributed by atoms with Gasteiger partial charge in [-0.15, -0.1) is 0 Å². The highest BCUT2D eigenvalue weighted by Gasteiger charge is 2.48.